The van der Waals surface area contributed by atoms with Gasteiger partial charge in [0.2, 0.25) is 5.91 Å². The van der Waals surface area contributed by atoms with E-state index in [9.17, 15) is 23.1 Å². The molecule has 0 aliphatic carbocycles. The van der Waals surface area contributed by atoms with Crippen LogP contribution in [-0.4, -0.2) is 20.6 Å². The molecule has 1 aliphatic rings. The summed E-state index contributed by atoms with van der Waals surface area (Å²) in [7, 11) is 0. The number of carbonyl (C=O) groups excluding carboxylic acids is 1. The molecule has 0 radical (unpaired) electrons. The van der Waals surface area contributed by atoms with Crippen molar-refractivity contribution >= 4 is 17.5 Å². The molecular weight excluding hydrogens is 359 g/mol. The number of nitrogens with two attached hydrogens (primary N) is 1. The molecule has 0 saturated carbocycles. The molecule has 3 heterocycles. The predicted octanol–water partition coefficient (Wildman–Crippen LogP) is 3.08. The van der Waals surface area contributed by atoms with Crippen LogP contribution in [0.1, 0.15) is 35.8 Å². The molecule has 2 aromatic heterocycles. The molecule has 0 bridgehead atoms. The molecule has 1 amide bonds. The van der Waals surface area contributed by atoms with E-state index in [1.807, 2.05) is 0 Å². The van der Waals surface area contributed by atoms with Crippen LogP contribution in [-0.2, 0) is 23.9 Å². The van der Waals surface area contributed by atoms with Crippen LogP contribution < -0.4 is 5.73 Å². The number of amides is 1. The largest absolute Gasteiger partial charge is 0.418 e. The van der Waals surface area contributed by atoms with Gasteiger partial charge in [-0.25, -0.2) is 4.98 Å². The summed E-state index contributed by atoms with van der Waals surface area (Å²) in [5.41, 5.74) is 3.87. The lowest BCUT2D eigenvalue weighted by Crippen LogP contribution is -2.20. The van der Waals surface area contributed by atoms with Crippen LogP contribution in [0, 0.1) is 0 Å². The summed E-state index contributed by atoms with van der Waals surface area (Å²) in [5.74, 6) is -0.902. The first-order valence-electron chi connectivity index (χ1n) is 7.61. The Morgan fingerprint density at radius 3 is 2.80 bits per heavy atom. The van der Waals surface area contributed by atoms with Crippen LogP contribution in [0.15, 0.2) is 18.3 Å². The lowest BCUT2D eigenvalue weighted by Gasteiger charge is -2.23. The first-order valence-corrected chi connectivity index (χ1v) is 7.99. The summed E-state index contributed by atoms with van der Waals surface area (Å²) < 4.78 is 43.0. The van der Waals surface area contributed by atoms with Gasteiger partial charge in [-0.15, -0.1) is 0 Å². The number of nitrogens with zero attached hydrogens (tertiary/aromatic N) is 2. The highest BCUT2D eigenvalue weighted by Crippen LogP contribution is 2.47. The van der Waals surface area contributed by atoms with Crippen molar-refractivity contribution < 1.29 is 23.1 Å². The second-order valence-electron chi connectivity index (χ2n) is 5.88. The van der Waals surface area contributed by atoms with E-state index in [-0.39, 0.29) is 34.2 Å². The Morgan fingerprint density at radius 2 is 2.20 bits per heavy atom. The van der Waals surface area contributed by atoms with Gasteiger partial charge in [0.15, 0.2) is 0 Å². The monoisotopic (exact) mass is 373 g/mol. The van der Waals surface area contributed by atoms with Gasteiger partial charge in [-0.3, -0.25) is 4.79 Å². The van der Waals surface area contributed by atoms with Crippen molar-refractivity contribution in [2.75, 3.05) is 0 Å². The molecule has 1 atom stereocenters. The number of hydrogen-bond acceptors (Lipinski definition) is 3. The molecule has 3 rings (SSSR count). The quantitative estimate of drug-likeness (QED) is 0.811. The molecule has 2 aromatic rings. The molecule has 5 nitrogen and oxygen atoms in total. The summed E-state index contributed by atoms with van der Waals surface area (Å²) in [6, 6.07) is 2.91. The molecule has 0 fully saturated rings. The van der Waals surface area contributed by atoms with Crippen molar-refractivity contribution in [2.45, 2.75) is 38.1 Å². The smallest absolute Gasteiger partial charge is 0.387 e. The lowest BCUT2D eigenvalue weighted by molar-refractivity contribution is -0.137. The zero-order valence-electron chi connectivity index (χ0n) is 13.0. The predicted molar refractivity (Wildman–Crippen MR) is 84.8 cm³/mol. The molecule has 25 heavy (non-hydrogen) atoms. The van der Waals surface area contributed by atoms with E-state index in [0.717, 1.165) is 0 Å². The maximum absolute atomic E-state index is 13.9. The number of hydrogen-bond donors (Lipinski definition) is 2. The number of fused-ring (bicyclic) bond motifs is 1. The van der Waals surface area contributed by atoms with Crippen molar-refractivity contribution in [3.8, 4) is 11.3 Å². The number of halogens is 4. The fourth-order valence-corrected chi connectivity index (χ4v) is 3.59. The third kappa shape index (κ3) is 3.11. The molecule has 0 aromatic carbocycles. The van der Waals surface area contributed by atoms with Crippen molar-refractivity contribution in [2.24, 2.45) is 5.73 Å². The number of primary amides is 1. The molecule has 1 aliphatic heterocycles. The Hall–Kier alpha value is -2.06. The van der Waals surface area contributed by atoms with Crippen molar-refractivity contribution in [1.82, 2.24) is 9.55 Å². The summed E-state index contributed by atoms with van der Waals surface area (Å²) in [5, 5.41) is 10.2. The zero-order valence-corrected chi connectivity index (χ0v) is 13.7. The van der Waals surface area contributed by atoms with Gasteiger partial charge in [0.1, 0.15) is 5.15 Å². The van der Waals surface area contributed by atoms with Crippen LogP contribution >= 0.6 is 11.6 Å². The number of carbonyl (C=O) groups is 1. The average Bonchev–Trinajstić information content (AvgIpc) is 2.82. The fourth-order valence-electron chi connectivity index (χ4n) is 3.38. The minimum Gasteiger partial charge on any atom is -0.387 e. The van der Waals surface area contributed by atoms with E-state index in [4.69, 9.17) is 17.3 Å². The highest BCUT2D eigenvalue weighted by atomic mass is 35.5. The Labute approximate surface area is 146 Å². The zero-order chi connectivity index (χ0) is 18.4. The Bertz CT molecular complexity index is 833. The Morgan fingerprint density at radius 1 is 1.48 bits per heavy atom. The third-order valence-electron chi connectivity index (χ3n) is 4.23. The van der Waals surface area contributed by atoms with Crippen LogP contribution in [0.5, 0.6) is 0 Å². The van der Waals surface area contributed by atoms with Crippen molar-refractivity contribution in [1.29, 1.82) is 0 Å². The first-order chi connectivity index (χ1) is 11.7. The van der Waals surface area contributed by atoms with Gasteiger partial charge in [-0.1, -0.05) is 11.6 Å². The molecule has 0 saturated heterocycles. The van der Waals surface area contributed by atoms with Crippen LogP contribution in [0.25, 0.3) is 11.3 Å². The van der Waals surface area contributed by atoms with Crippen LogP contribution in [0.3, 0.4) is 0 Å². The molecule has 134 valence electrons. The van der Waals surface area contributed by atoms with Crippen molar-refractivity contribution in [3.63, 3.8) is 0 Å². The number of rotatable bonds is 3. The standard InChI is InChI=1S/C16H15ClF3N3O2/c17-15-8(3-1-5-22-15)14-12(16(18,19)20)9(7-11(21)25)13-10(24)4-2-6-23(13)14/h1,3,5,10,24H,2,4,6-7H2,(H2,21,25). The summed E-state index contributed by atoms with van der Waals surface area (Å²) in [6.45, 7) is 0.273. The number of aromatic nitrogens is 2. The van der Waals surface area contributed by atoms with Gasteiger partial charge in [0, 0.05) is 18.3 Å². The van der Waals surface area contributed by atoms with Gasteiger partial charge in [0.05, 0.1) is 29.5 Å². The van der Waals surface area contributed by atoms with Crippen LogP contribution in [0.2, 0.25) is 5.15 Å². The van der Waals surface area contributed by atoms with E-state index < -0.39 is 30.2 Å². The molecule has 0 spiro atoms. The topological polar surface area (TPSA) is 81.1 Å². The SMILES string of the molecule is NC(=O)Cc1c(C(F)(F)F)c(-c2cccnc2Cl)n2c1C(O)CCC2. The summed E-state index contributed by atoms with van der Waals surface area (Å²) in [4.78, 5) is 15.2. The fraction of sp³-hybridized carbons (Fsp3) is 0.375. The van der Waals surface area contributed by atoms with Crippen LogP contribution in [0.4, 0.5) is 13.2 Å². The molecule has 1 unspecified atom stereocenters. The van der Waals surface area contributed by atoms with E-state index in [1.165, 1.54) is 22.9 Å². The normalized spacial score (nSPS) is 17.4. The minimum absolute atomic E-state index is 0.0762. The third-order valence-corrected chi connectivity index (χ3v) is 4.53. The van der Waals surface area contributed by atoms with Gasteiger partial charge >= 0.3 is 6.18 Å². The minimum atomic E-state index is -4.75. The van der Waals surface area contributed by atoms with Gasteiger partial charge < -0.3 is 15.4 Å². The maximum atomic E-state index is 13.9. The van der Waals surface area contributed by atoms with E-state index in [1.54, 1.807) is 0 Å². The lowest BCUT2D eigenvalue weighted by atomic mass is 9.98. The Balaban J connectivity index is 2.41. The molecule has 9 heteroatoms. The average molecular weight is 374 g/mol. The first kappa shape index (κ1) is 17.8. The van der Waals surface area contributed by atoms with Gasteiger partial charge in [0.25, 0.3) is 0 Å². The number of aliphatic hydroxyl groups excluding tert-OH is 1. The number of pyridine rings is 1. The maximum Gasteiger partial charge on any atom is 0.418 e. The van der Waals surface area contributed by atoms with E-state index in [2.05, 4.69) is 4.98 Å². The second kappa shape index (κ2) is 6.34. The summed E-state index contributed by atoms with van der Waals surface area (Å²) >= 11 is 6.03. The highest BCUT2D eigenvalue weighted by Gasteiger charge is 2.43. The summed E-state index contributed by atoms with van der Waals surface area (Å²) in [6.07, 6.45) is -4.27. The number of aliphatic hydroxyl groups is 1. The highest BCUT2D eigenvalue weighted by molar-refractivity contribution is 6.32. The Kier molecular flexibility index (Phi) is 4.51. The van der Waals surface area contributed by atoms with E-state index in [0.29, 0.717) is 12.8 Å². The van der Waals surface area contributed by atoms with Crippen molar-refractivity contribution in [3.05, 3.63) is 40.3 Å². The van der Waals surface area contributed by atoms with Gasteiger partial charge in [-0.05, 0) is 30.5 Å². The number of alkyl halides is 3. The van der Waals surface area contributed by atoms with E-state index >= 15 is 0 Å². The molecule has 3 N–H and O–H groups in total. The molecular formula is C16H15ClF3N3O2. The second-order valence-corrected chi connectivity index (χ2v) is 6.24. The van der Waals surface area contributed by atoms with Gasteiger partial charge in [-0.2, -0.15) is 13.2 Å².